The molecule has 2 heterocycles. The Kier molecular flexibility index (Phi) is 4.63. The van der Waals surface area contributed by atoms with Crippen molar-refractivity contribution < 1.29 is 19.2 Å². The molecule has 1 aromatic rings. The van der Waals surface area contributed by atoms with Gasteiger partial charge in [-0.3, -0.25) is 4.79 Å². The minimum absolute atomic E-state index is 0.0527. The lowest BCUT2D eigenvalue weighted by molar-refractivity contribution is -0.149. The molecule has 7 heteroatoms. The average Bonchev–Trinajstić information content (AvgIpc) is 3.10. The Morgan fingerprint density at radius 2 is 2.13 bits per heavy atom. The Morgan fingerprint density at radius 1 is 1.35 bits per heavy atom. The molecule has 1 amide bonds. The van der Waals surface area contributed by atoms with Crippen LogP contribution in [0.15, 0.2) is 4.52 Å². The maximum atomic E-state index is 12.6. The Labute approximate surface area is 135 Å². The largest absolute Gasteiger partial charge is 0.480 e. The van der Waals surface area contributed by atoms with Crippen LogP contribution in [-0.2, 0) is 16.0 Å². The normalized spacial score (nSPS) is 27.0. The number of rotatable bonds is 5. The first-order valence-corrected chi connectivity index (χ1v) is 8.39. The first-order valence-electron chi connectivity index (χ1n) is 8.39. The number of carboxylic acids is 1. The number of hydrogen-bond acceptors (Lipinski definition) is 5. The molecule has 0 unspecified atom stereocenters. The molecule has 1 aromatic heterocycles. The molecular weight excluding hydrogens is 298 g/mol. The molecule has 0 bridgehead atoms. The van der Waals surface area contributed by atoms with Gasteiger partial charge in [-0.25, -0.2) is 4.79 Å². The number of carboxylic acid groups (broad SMARTS) is 1. The summed E-state index contributed by atoms with van der Waals surface area (Å²) >= 11 is 0. The number of nitrogens with zero attached hydrogens (tertiary/aromatic N) is 3. The Morgan fingerprint density at radius 3 is 2.83 bits per heavy atom. The van der Waals surface area contributed by atoms with Gasteiger partial charge in [-0.15, -0.1) is 0 Å². The van der Waals surface area contributed by atoms with E-state index >= 15 is 0 Å². The van der Waals surface area contributed by atoms with Gasteiger partial charge < -0.3 is 14.5 Å². The lowest BCUT2D eigenvalue weighted by Crippen LogP contribution is -2.46. The van der Waals surface area contributed by atoms with E-state index in [1.165, 1.54) is 0 Å². The number of carbonyl (C=O) groups is 2. The van der Waals surface area contributed by atoms with Crippen LogP contribution in [0, 0.1) is 12.8 Å². The van der Waals surface area contributed by atoms with Crippen molar-refractivity contribution in [2.24, 2.45) is 5.92 Å². The molecule has 1 saturated heterocycles. The molecule has 3 atom stereocenters. The van der Waals surface area contributed by atoms with E-state index in [1.807, 2.05) is 0 Å². The minimum Gasteiger partial charge on any atom is -0.480 e. The van der Waals surface area contributed by atoms with Crippen LogP contribution in [0.4, 0.5) is 0 Å². The molecule has 0 spiro atoms. The highest BCUT2D eigenvalue weighted by Crippen LogP contribution is 2.40. The van der Waals surface area contributed by atoms with Gasteiger partial charge in [-0.05, 0) is 38.5 Å². The third-order valence-electron chi connectivity index (χ3n) is 5.01. The van der Waals surface area contributed by atoms with E-state index in [2.05, 4.69) is 10.1 Å². The van der Waals surface area contributed by atoms with E-state index in [9.17, 15) is 14.7 Å². The van der Waals surface area contributed by atoms with Gasteiger partial charge in [0.15, 0.2) is 5.82 Å². The standard InChI is InChI=1S/C16H23N3O4/c1-10-17-14(23-18-10)7-4-8-15(20)19-12-6-3-2-5-11(12)9-13(19)16(21)22/h11-13H,2-9H2,1H3,(H,21,22)/t11-,12-,13-/m0/s1. The van der Waals surface area contributed by atoms with E-state index in [4.69, 9.17) is 4.52 Å². The summed E-state index contributed by atoms with van der Waals surface area (Å²) in [7, 11) is 0. The first-order chi connectivity index (χ1) is 11.1. The summed E-state index contributed by atoms with van der Waals surface area (Å²) < 4.78 is 5.04. The van der Waals surface area contributed by atoms with Gasteiger partial charge in [0.05, 0.1) is 0 Å². The van der Waals surface area contributed by atoms with Crippen LogP contribution in [0.2, 0.25) is 0 Å². The summed E-state index contributed by atoms with van der Waals surface area (Å²) in [6.07, 6.45) is 6.28. The molecule has 0 radical (unpaired) electrons. The number of hydrogen-bond donors (Lipinski definition) is 1. The second-order valence-corrected chi connectivity index (χ2v) is 6.59. The van der Waals surface area contributed by atoms with Crippen molar-refractivity contribution in [3.63, 3.8) is 0 Å². The fourth-order valence-electron chi connectivity index (χ4n) is 4.00. The van der Waals surface area contributed by atoms with Gasteiger partial charge in [0.25, 0.3) is 0 Å². The quantitative estimate of drug-likeness (QED) is 0.890. The molecule has 7 nitrogen and oxygen atoms in total. The summed E-state index contributed by atoms with van der Waals surface area (Å²) in [5.41, 5.74) is 0. The zero-order valence-electron chi connectivity index (χ0n) is 13.4. The number of amides is 1. The molecule has 1 N–H and O–H groups in total. The second kappa shape index (κ2) is 6.68. The highest BCUT2D eigenvalue weighted by Gasteiger charge is 2.47. The van der Waals surface area contributed by atoms with E-state index in [1.54, 1.807) is 11.8 Å². The van der Waals surface area contributed by atoms with E-state index in [0.717, 1.165) is 25.7 Å². The van der Waals surface area contributed by atoms with Crippen molar-refractivity contribution in [1.82, 2.24) is 15.0 Å². The van der Waals surface area contributed by atoms with Crippen molar-refractivity contribution >= 4 is 11.9 Å². The molecule has 3 rings (SSSR count). The monoisotopic (exact) mass is 321 g/mol. The SMILES string of the molecule is Cc1noc(CCCC(=O)N2[C@H](C(=O)O)C[C@@H]3CCCC[C@@H]32)n1. The molecule has 23 heavy (non-hydrogen) atoms. The zero-order chi connectivity index (χ0) is 16.4. The zero-order valence-corrected chi connectivity index (χ0v) is 13.4. The number of aryl methyl sites for hydroxylation is 2. The van der Waals surface area contributed by atoms with Gasteiger partial charge in [-0.1, -0.05) is 18.0 Å². The molecule has 1 aliphatic heterocycles. The van der Waals surface area contributed by atoms with Crippen LogP contribution in [-0.4, -0.2) is 44.1 Å². The molecule has 1 saturated carbocycles. The van der Waals surface area contributed by atoms with Crippen molar-refractivity contribution in [2.75, 3.05) is 0 Å². The van der Waals surface area contributed by atoms with Crippen molar-refractivity contribution in [1.29, 1.82) is 0 Å². The van der Waals surface area contributed by atoms with Crippen LogP contribution in [0.5, 0.6) is 0 Å². The number of fused-ring (bicyclic) bond motifs is 1. The van der Waals surface area contributed by atoms with Gasteiger partial charge in [-0.2, -0.15) is 4.98 Å². The van der Waals surface area contributed by atoms with Crippen LogP contribution < -0.4 is 0 Å². The fourth-order valence-corrected chi connectivity index (χ4v) is 4.00. The summed E-state index contributed by atoms with van der Waals surface area (Å²) in [6, 6.07) is -0.538. The molecule has 2 fully saturated rings. The maximum Gasteiger partial charge on any atom is 0.326 e. The van der Waals surface area contributed by atoms with E-state index in [0.29, 0.717) is 43.3 Å². The van der Waals surface area contributed by atoms with E-state index in [-0.39, 0.29) is 11.9 Å². The number of aliphatic carboxylic acids is 1. The lowest BCUT2D eigenvalue weighted by Gasteiger charge is -2.33. The summed E-state index contributed by atoms with van der Waals surface area (Å²) in [5, 5.41) is 13.2. The number of aromatic nitrogens is 2. The van der Waals surface area contributed by atoms with Crippen molar-refractivity contribution in [3.05, 3.63) is 11.7 Å². The predicted octanol–water partition coefficient (Wildman–Crippen LogP) is 1.95. The van der Waals surface area contributed by atoms with Crippen LogP contribution in [0.1, 0.15) is 56.7 Å². The van der Waals surface area contributed by atoms with Crippen LogP contribution in [0.3, 0.4) is 0 Å². The van der Waals surface area contributed by atoms with Crippen LogP contribution in [0.25, 0.3) is 0 Å². The highest BCUT2D eigenvalue weighted by atomic mass is 16.5. The summed E-state index contributed by atoms with van der Waals surface area (Å²) in [6.45, 7) is 1.75. The van der Waals surface area contributed by atoms with Gasteiger partial charge in [0.2, 0.25) is 11.8 Å². The van der Waals surface area contributed by atoms with Gasteiger partial charge in [0.1, 0.15) is 6.04 Å². The Hall–Kier alpha value is -1.92. The molecule has 1 aliphatic carbocycles. The minimum atomic E-state index is -0.875. The van der Waals surface area contributed by atoms with Gasteiger partial charge >= 0.3 is 5.97 Å². The topological polar surface area (TPSA) is 96.5 Å². The van der Waals surface area contributed by atoms with Gasteiger partial charge in [0, 0.05) is 18.9 Å². The predicted molar refractivity (Wildman–Crippen MR) is 80.6 cm³/mol. The molecular formula is C16H23N3O4. The third kappa shape index (κ3) is 3.38. The highest BCUT2D eigenvalue weighted by molar-refractivity contribution is 5.84. The maximum absolute atomic E-state index is 12.6. The van der Waals surface area contributed by atoms with E-state index < -0.39 is 12.0 Å². The summed E-state index contributed by atoms with van der Waals surface area (Å²) in [5.74, 6) is 0.541. The third-order valence-corrected chi connectivity index (χ3v) is 5.01. The Balaban J connectivity index is 1.60. The smallest absolute Gasteiger partial charge is 0.326 e. The molecule has 0 aromatic carbocycles. The second-order valence-electron chi connectivity index (χ2n) is 6.59. The first kappa shape index (κ1) is 16.0. The fraction of sp³-hybridized carbons (Fsp3) is 0.750. The molecule has 2 aliphatic rings. The average molecular weight is 321 g/mol. The lowest BCUT2D eigenvalue weighted by atomic mass is 9.84. The molecule has 126 valence electrons. The van der Waals surface area contributed by atoms with Crippen LogP contribution >= 0.6 is 0 Å². The van der Waals surface area contributed by atoms with Crippen molar-refractivity contribution in [3.8, 4) is 0 Å². The number of likely N-dealkylation sites (tertiary alicyclic amines) is 1. The summed E-state index contributed by atoms with van der Waals surface area (Å²) in [4.78, 5) is 29.9. The number of carbonyl (C=O) groups excluding carboxylic acids is 1. The van der Waals surface area contributed by atoms with Crippen molar-refractivity contribution in [2.45, 2.75) is 70.4 Å². The Bertz CT molecular complexity index is 586.